The molecule has 0 radical (unpaired) electrons. The topological polar surface area (TPSA) is 41.6 Å². The van der Waals surface area contributed by atoms with Gasteiger partial charge < -0.3 is 14.7 Å². The van der Waals surface area contributed by atoms with Crippen molar-refractivity contribution in [1.82, 2.24) is 0 Å². The van der Waals surface area contributed by atoms with E-state index in [9.17, 15) is 4.57 Å². The largest absolute Gasteiger partial charge is 0.378 e. The molecular formula is C24H28BrN2O2P. The van der Waals surface area contributed by atoms with Gasteiger partial charge in [-0.05, 0) is 67.9 Å². The smallest absolute Gasteiger partial charge is 0.258 e. The lowest BCUT2D eigenvalue weighted by Crippen LogP contribution is -2.22. The molecule has 0 aromatic heterocycles. The zero-order valence-electron chi connectivity index (χ0n) is 17.7. The van der Waals surface area contributed by atoms with Gasteiger partial charge >= 0.3 is 0 Å². The molecule has 158 valence electrons. The van der Waals surface area contributed by atoms with Crippen molar-refractivity contribution in [3.63, 3.8) is 0 Å². The van der Waals surface area contributed by atoms with Gasteiger partial charge in [0.05, 0.1) is 6.10 Å². The third kappa shape index (κ3) is 5.34. The van der Waals surface area contributed by atoms with Crippen molar-refractivity contribution in [1.29, 1.82) is 0 Å². The number of anilines is 2. The maximum Gasteiger partial charge on any atom is 0.258 e. The number of hydrogen-bond donors (Lipinski definition) is 1. The van der Waals surface area contributed by atoms with Gasteiger partial charge in [-0.25, -0.2) is 0 Å². The standard InChI is InChI=1S/C24H28BrN2O2P/c1-18(2)29-30(28,23-16-14-22(15-17-23)27(3)4)24(19-10-12-20(25)13-11-19)26-21-8-6-5-7-9-21/h5-18,24,26H,1-4H3/t24-,30+/m0/s1. The quantitative estimate of drug-likeness (QED) is 0.361. The van der Waals surface area contributed by atoms with Crippen molar-refractivity contribution < 1.29 is 9.09 Å². The Hall–Kier alpha value is -2.07. The molecule has 0 amide bonds. The van der Waals surface area contributed by atoms with Gasteiger partial charge in [-0.1, -0.05) is 46.3 Å². The molecule has 6 heteroatoms. The normalized spacial score (nSPS) is 14.2. The minimum Gasteiger partial charge on any atom is -0.378 e. The van der Waals surface area contributed by atoms with Crippen molar-refractivity contribution in [2.45, 2.75) is 25.7 Å². The van der Waals surface area contributed by atoms with Crippen LogP contribution in [0.4, 0.5) is 11.4 Å². The molecule has 30 heavy (non-hydrogen) atoms. The van der Waals surface area contributed by atoms with Gasteiger partial charge in [0.15, 0.2) is 0 Å². The van der Waals surface area contributed by atoms with E-state index in [0.29, 0.717) is 5.30 Å². The molecule has 1 N–H and O–H groups in total. The number of hydrogen-bond acceptors (Lipinski definition) is 4. The van der Waals surface area contributed by atoms with Crippen LogP contribution in [0.1, 0.15) is 25.2 Å². The van der Waals surface area contributed by atoms with Crippen LogP contribution in [-0.2, 0) is 9.09 Å². The van der Waals surface area contributed by atoms with Crippen molar-refractivity contribution in [2.24, 2.45) is 0 Å². The van der Waals surface area contributed by atoms with E-state index in [-0.39, 0.29) is 6.10 Å². The molecule has 0 aliphatic rings. The molecule has 0 fully saturated rings. The summed E-state index contributed by atoms with van der Waals surface area (Å²) in [6, 6.07) is 25.5. The SMILES string of the molecule is CC(C)O[P@](=O)(c1ccc(N(C)C)cc1)[C@H](Nc1ccccc1)c1ccc(Br)cc1. The predicted molar refractivity (Wildman–Crippen MR) is 131 cm³/mol. The lowest BCUT2D eigenvalue weighted by Gasteiger charge is -2.31. The molecule has 0 saturated carbocycles. The number of para-hydroxylation sites is 1. The average Bonchev–Trinajstić information content (AvgIpc) is 2.73. The van der Waals surface area contributed by atoms with Gasteiger partial charge in [0.25, 0.3) is 7.37 Å². The van der Waals surface area contributed by atoms with E-state index in [0.717, 1.165) is 21.4 Å². The Kier molecular flexibility index (Phi) is 7.41. The van der Waals surface area contributed by atoms with Crippen LogP contribution in [0.3, 0.4) is 0 Å². The zero-order chi connectivity index (χ0) is 21.7. The fraction of sp³-hybridized carbons (Fsp3) is 0.250. The molecule has 3 aromatic rings. The molecule has 0 aliphatic carbocycles. The Balaban J connectivity index is 2.12. The summed E-state index contributed by atoms with van der Waals surface area (Å²) in [6.07, 6.45) is -0.195. The van der Waals surface area contributed by atoms with Crippen LogP contribution >= 0.6 is 23.3 Å². The van der Waals surface area contributed by atoms with Crippen molar-refractivity contribution in [2.75, 3.05) is 24.3 Å². The first-order valence-corrected chi connectivity index (χ1v) is 12.4. The number of nitrogens with zero attached hydrogens (tertiary/aromatic N) is 1. The highest BCUT2D eigenvalue weighted by atomic mass is 79.9. The van der Waals surface area contributed by atoms with Crippen molar-refractivity contribution in [3.05, 3.63) is 88.9 Å². The Bertz CT molecular complexity index is 990. The molecule has 0 aliphatic heterocycles. The third-order valence-electron chi connectivity index (χ3n) is 4.70. The monoisotopic (exact) mass is 486 g/mol. The van der Waals surface area contributed by atoms with Gasteiger partial charge in [-0.3, -0.25) is 4.57 Å². The second kappa shape index (κ2) is 9.82. The van der Waals surface area contributed by atoms with Crippen LogP contribution in [0.2, 0.25) is 0 Å². The molecule has 0 spiro atoms. The summed E-state index contributed by atoms with van der Waals surface area (Å²) >= 11 is 3.49. The molecule has 0 saturated heterocycles. The highest BCUT2D eigenvalue weighted by molar-refractivity contribution is 9.10. The summed E-state index contributed by atoms with van der Waals surface area (Å²) in [4.78, 5) is 2.02. The summed E-state index contributed by atoms with van der Waals surface area (Å²) in [7, 11) is 0.638. The Morgan fingerprint density at radius 3 is 2.03 bits per heavy atom. The number of nitrogens with one attached hydrogen (secondary N) is 1. The minimum absolute atomic E-state index is 0.195. The maximum atomic E-state index is 14.6. The van der Waals surface area contributed by atoms with Gasteiger partial charge in [0, 0.05) is 35.2 Å². The summed E-state index contributed by atoms with van der Waals surface area (Å²) in [5, 5.41) is 4.18. The summed E-state index contributed by atoms with van der Waals surface area (Å²) in [5.41, 5.74) is 2.84. The first kappa shape index (κ1) is 22.6. The van der Waals surface area contributed by atoms with E-state index in [1.54, 1.807) is 0 Å². The van der Waals surface area contributed by atoms with E-state index in [4.69, 9.17) is 4.52 Å². The number of benzene rings is 3. The fourth-order valence-corrected chi connectivity index (χ4v) is 6.13. The van der Waals surface area contributed by atoms with Crippen LogP contribution in [-0.4, -0.2) is 20.2 Å². The Labute approximate surface area is 187 Å². The van der Waals surface area contributed by atoms with Crippen molar-refractivity contribution >= 4 is 40.0 Å². The van der Waals surface area contributed by atoms with Crippen LogP contribution < -0.4 is 15.5 Å². The van der Waals surface area contributed by atoms with Crippen LogP contribution in [0.5, 0.6) is 0 Å². The minimum atomic E-state index is -3.34. The second-order valence-electron chi connectivity index (χ2n) is 7.63. The molecule has 4 nitrogen and oxygen atoms in total. The van der Waals surface area contributed by atoms with E-state index < -0.39 is 13.2 Å². The van der Waals surface area contributed by atoms with Gasteiger partial charge in [-0.2, -0.15) is 0 Å². The van der Waals surface area contributed by atoms with Crippen LogP contribution in [0.25, 0.3) is 0 Å². The summed E-state index contributed by atoms with van der Waals surface area (Å²) in [6.45, 7) is 3.84. The highest BCUT2D eigenvalue weighted by Crippen LogP contribution is 2.59. The molecule has 2 atom stereocenters. The Morgan fingerprint density at radius 1 is 0.900 bits per heavy atom. The molecule has 0 heterocycles. The number of halogens is 1. The molecule has 0 unspecified atom stereocenters. The number of rotatable bonds is 8. The summed E-state index contributed by atoms with van der Waals surface area (Å²) < 4.78 is 21.8. The first-order valence-electron chi connectivity index (χ1n) is 9.93. The van der Waals surface area contributed by atoms with Gasteiger partial charge in [0.2, 0.25) is 0 Å². The average molecular weight is 487 g/mol. The van der Waals surface area contributed by atoms with Gasteiger partial charge in [0.1, 0.15) is 5.78 Å². The van der Waals surface area contributed by atoms with Crippen LogP contribution in [0.15, 0.2) is 83.3 Å². The third-order valence-corrected chi connectivity index (χ3v) is 8.08. The molecule has 3 rings (SSSR count). The van der Waals surface area contributed by atoms with Gasteiger partial charge in [-0.15, -0.1) is 0 Å². The first-order chi connectivity index (χ1) is 14.3. The molecule has 0 bridgehead atoms. The van der Waals surface area contributed by atoms with E-state index >= 15 is 0 Å². The van der Waals surface area contributed by atoms with E-state index in [1.165, 1.54) is 0 Å². The van der Waals surface area contributed by atoms with Crippen molar-refractivity contribution in [3.8, 4) is 0 Å². The Morgan fingerprint density at radius 2 is 1.50 bits per heavy atom. The summed E-state index contributed by atoms with van der Waals surface area (Å²) in [5.74, 6) is -0.527. The van der Waals surface area contributed by atoms with E-state index in [2.05, 4.69) is 21.2 Å². The zero-order valence-corrected chi connectivity index (χ0v) is 20.2. The van der Waals surface area contributed by atoms with E-state index in [1.807, 2.05) is 112 Å². The second-order valence-corrected chi connectivity index (χ2v) is 11.0. The lowest BCUT2D eigenvalue weighted by molar-refractivity contribution is 0.245. The highest BCUT2D eigenvalue weighted by Gasteiger charge is 2.38. The molecular weight excluding hydrogens is 459 g/mol. The maximum absolute atomic E-state index is 14.6. The fourth-order valence-electron chi connectivity index (χ4n) is 3.24. The molecule has 3 aromatic carbocycles. The lowest BCUT2D eigenvalue weighted by atomic mass is 10.2. The predicted octanol–water partition coefficient (Wildman–Crippen LogP) is 6.65. The van der Waals surface area contributed by atoms with Crippen LogP contribution in [0, 0.1) is 0 Å².